The fraction of sp³-hybridized carbons (Fsp3) is 0.385. The number of nitrogens with two attached hydrogens (primary N) is 1. The van der Waals surface area contributed by atoms with Crippen molar-refractivity contribution in [3.63, 3.8) is 0 Å². The largest absolute Gasteiger partial charge is 0.461 e. The van der Waals surface area contributed by atoms with Gasteiger partial charge < -0.3 is 10.2 Å². The minimum absolute atomic E-state index is 0.534. The van der Waals surface area contributed by atoms with E-state index in [-0.39, 0.29) is 0 Å². The molecule has 1 heterocycles. The molecular formula is C13H17NO. The topological polar surface area (TPSA) is 39.2 Å². The second kappa shape index (κ2) is 4.07. The van der Waals surface area contributed by atoms with Gasteiger partial charge in [-0.3, -0.25) is 0 Å². The van der Waals surface area contributed by atoms with Crippen LogP contribution in [0.4, 0.5) is 0 Å². The molecule has 0 fully saturated rings. The Kier molecular flexibility index (Phi) is 2.78. The maximum atomic E-state index is 5.82. The van der Waals surface area contributed by atoms with Crippen molar-refractivity contribution in [2.45, 2.75) is 26.8 Å². The summed E-state index contributed by atoms with van der Waals surface area (Å²) in [5.74, 6) is 1.67. The van der Waals surface area contributed by atoms with Crippen molar-refractivity contribution >= 4 is 11.0 Å². The summed E-state index contributed by atoms with van der Waals surface area (Å²) < 4.78 is 5.82. The predicted molar refractivity (Wildman–Crippen MR) is 62.6 cm³/mol. The summed E-state index contributed by atoms with van der Waals surface area (Å²) in [6.45, 7) is 4.92. The Labute approximate surface area is 90.1 Å². The van der Waals surface area contributed by atoms with E-state index in [0.29, 0.717) is 12.5 Å². The number of hydrogen-bond donors (Lipinski definition) is 1. The van der Waals surface area contributed by atoms with Gasteiger partial charge in [-0.1, -0.05) is 32.0 Å². The molecule has 0 aliphatic heterocycles. The van der Waals surface area contributed by atoms with Crippen LogP contribution in [0.5, 0.6) is 0 Å². The van der Waals surface area contributed by atoms with Crippen LogP contribution in [-0.2, 0) is 13.0 Å². The predicted octanol–water partition coefficient (Wildman–Crippen LogP) is 3.09. The van der Waals surface area contributed by atoms with Gasteiger partial charge in [0.1, 0.15) is 11.3 Å². The Balaban J connectivity index is 2.45. The highest BCUT2D eigenvalue weighted by molar-refractivity contribution is 5.81. The van der Waals surface area contributed by atoms with Gasteiger partial charge in [0.25, 0.3) is 0 Å². The van der Waals surface area contributed by atoms with Crippen molar-refractivity contribution in [2.75, 3.05) is 0 Å². The van der Waals surface area contributed by atoms with Gasteiger partial charge in [-0.05, 0) is 12.0 Å². The average molecular weight is 203 g/mol. The summed E-state index contributed by atoms with van der Waals surface area (Å²) in [5.41, 5.74) is 7.71. The molecule has 2 aromatic rings. The van der Waals surface area contributed by atoms with Crippen molar-refractivity contribution in [1.29, 1.82) is 0 Å². The van der Waals surface area contributed by atoms with E-state index in [0.717, 1.165) is 28.7 Å². The third kappa shape index (κ3) is 2.05. The van der Waals surface area contributed by atoms with Crippen LogP contribution >= 0.6 is 0 Å². The number of rotatable bonds is 3. The highest BCUT2D eigenvalue weighted by Gasteiger charge is 2.08. The maximum absolute atomic E-state index is 5.82. The van der Waals surface area contributed by atoms with Crippen molar-refractivity contribution in [1.82, 2.24) is 0 Å². The molecule has 0 saturated heterocycles. The molecule has 1 aromatic heterocycles. The van der Waals surface area contributed by atoms with Gasteiger partial charge >= 0.3 is 0 Å². The lowest BCUT2D eigenvalue weighted by molar-refractivity contribution is 0.498. The molecule has 0 spiro atoms. The quantitative estimate of drug-likeness (QED) is 0.832. The molecule has 0 atom stereocenters. The lowest BCUT2D eigenvalue weighted by atomic mass is 10.1. The molecule has 0 radical (unpaired) electrons. The molecule has 0 bridgehead atoms. The summed E-state index contributed by atoms with van der Waals surface area (Å²) in [6.07, 6.45) is 0.985. The minimum Gasteiger partial charge on any atom is -0.461 e. The highest BCUT2D eigenvalue weighted by atomic mass is 16.3. The molecule has 0 aliphatic carbocycles. The summed E-state index contributed by atoms with van der Waals surface area (Å²) in [4.78, 5) is 0. The standard InChI is InChI=1S/C13H17NO/c1-9(2)6-12-7-10-4-3-5-11(8-14)13(10)15-12/h3-5,7,9H,6,8,14H2,1-2H3. The number of furan rings is 1. The van der Waals surface area contributed by atoms with Crippen molar-refractivity contribution in [2.24, 2.45) is 11.7 Å². The Hall–Kier alpha value is -1.28. The van der Waals surface area contributed by atoms with Crippen LogP contribution in [0.1, 0.15) is 25.2 Å². The highest BCUT2D eigenvalue weighted by Crippen LogP contribution is 2.24. The van der Waals surface area contributed by atoms with Crippen molar-refractivity contribution < 1.29 is 4.42 Å². The first kappa shape index (κ1) is 10.2. The molecule has 1 aromatic carbocycles. The molecule has 2 N–H and O–H groups in total. The van der Waals surface area contributed by atoms with Crippen molar-refractivity contribution in [3.05, 3.63) is 35.6 Å². The van der Waals surface area contributed by atoms with Gasteiger partial charge in [0, 0.05) is 23.9 Å². The lowest BCUT2D eigenvalue weighted by Crippen LogP contribution is -1.95. The smallest absolute Gasteiger partial charge is 0.138 e. The van der Waals surface area contributed by atoms with Crippen LogP contribution in [0.25, 0.3) is 11.0 Å². The maximum Gasteiger partial charge on any atom is 0.138 e. The van der Waals surface area contributed by atoms with Gasteiger partial charge in [-0.15, -0.1) is 0 Å². The zero-order valence-electron chi connectivity index (χ0n) is 9.29. The lowest BCUT2D eigenvalue weighted by Gasteiger charge is -1.99. The van der Waals surface area contributed by atoms with Crippen LogP contribution in [0.2, 0.25) is 0 Å². The Morgan fingerprint density at radius 2 is 2.13 bits per heavy atom. The van der Waals surface area contributed by atoms with Crippen molar-refractivity contribution in [3.8, 4) is 0 Å². The first-order chi connectivity index (χ1) is 7.20. The number of para-hydroxylation sites is 1. The van der Waals surface area contributed by atoms with Gasteiger partial charge in [0.15, 0.2) is 0 Å². The fourth-order valence-corrected chi connectivity index (χ4v) is 1.84. The van der Waals surface area contributed by atoms with E-state index < -0.39 is 0 Å². The third-order valence-corrected chi connectivity index (χ3v) is 2.51. The number of hydrogen-bond acceptors (Lipinski definition) is 2. The molecule has 2 nitrogen and oxygen atoms in total. The summed E-state index contributed by atoms with van der Waals surface area (Å²) in [6, 6.07) is 8.24. The molecule has 80 valence electrons. The molecular weight excluding hydrogens is 186 g/mol. The van der Waals surface area contributed by atoms with Crippen LogP contribution in [-0.4, -0.2) is 0 Å². The Morgan fingerprint density at radius 3 is 2.80 bits per heavy atom. The second-order valence-electron chi connectivity index (χ2n) is 4.35. The number of benzene rings is 1. The van der Waals surface area contributed by atoms with Gasteiger partial charge in [-0.25, -0.2) is 0 Å². The molecule has 0 unspecified atom stereocenters. The van der Waals surface area contributed by atoms with E-state index in [4.69, 9.17) is 10.2 Å². The van der Waals surface area contributed by atoms with Gasteiger partial charge in [0.05, 0.1) is 0 Å². The second-order valence-corrected chi connectivity index (χ2v) is 4.35. The Morgan fingerprint density at radius 1 is 1.33 bits per heavy atom. The molecule has 15 heavy (non-hydrogen) atoms. The van der Waals surface area contributed by atoms with E-state index in [1.54, 1.807) is 0 Å². The van der Waals surface area contributed by atoms with E-state index >= 15 is 0 Å². The third-order valence-electron chi connectivity index (χ3n) is 2.51. The molecule has 0 saturated carbocycles. The molecule has 2 heteroatoms. The Bertz CT molecular complexity index is 457. The van der Waals surface area contributed by atoms with Gasteiger partial charge in [0.2, 0.25) is 0 Å². The van der Waals surface area contributed by atoms with Crippen LogP contribution < -0.4 is 5.73 Å². The normalized spacial score (nSPS) is 11.5. The van der Waals surface area contributed by atoms with Crippen LogP contribution in [0, 0.1) is 5.92 Å². The fourth-order valence-electron chi connectivity index (χ4n) is 1.84. The zero-order valence-corrected chi connectivity index (χ0v) is 9.29. The monoisotopic (exact) mass is 203 g/mol. The van der Waals surface area contributed by atoms with Gasteiger partial charge in [-0.2, -0.15) is 0 Å². The molecule has 2 rings (SSSR count). The van der Waals surface area contributed by atoms with Crippen LogP contribution in [0.15, 0.2) is 28.7 Å². The summed E-state index contributed by atoms with van der Waals surface area (Å²) in [5, 5.41) is 1.16. The summed E-state index contributed by atoms with van der Waals surface area (Å²) >= 11 is 0. The van der Waals surface area contributed by atoms with E-state index in [2.05, 4.69) is 26.0 Å². The average Bonchev–Trinajstić information content (AvgIpc) is 2.58. The first-order valence-corrected chi connectivity index (χ1v) is 5.41. The molecule has 0 amide bonds. The summed E-state index contributed by atoms with van der Waals surface area (Å²) in [7, 11) is 0. The van der Waals surface area contributed by atoms with E-state index in [1.165, 1.54) is 0 Å². The van der Waals surface area contributed by atoms with Crippen LogP contribution in [0.3, 0.4) is 0 Å². The SMILES string of the molecule is CC(C)Cc1cc2cccc(CN)c2o1. The number of fused-ring (bicyclic) bond motifs is 1. The van der Waals surface area contributed by atoms with E-state index in [1.807, 2.05) is 12.1 Å². The first-order valence-electron chi connectivity index (χ1n) is 5.41. The van der Waals surface area contributed by atoms with E-state index in [9.17, 15) is 0 Å². The molecule has 0 aliphatic rings. The minimum atomic E-state index is 0.534. The zero-order chi connectivity index (χ0) is 10.8.